The molecular formula is C17H22ClNO6. The van der Waals surface area contributed by atoms with Crippen LogP contribution in [0.5, 0.6) is 5.75 Å². The van der Waals surface area contributed by atoms with Crippen LogP contribution >= 0.6 is 11.6 Å². The predicted molar refractivity (Wildman–Crippen MR) is 91.3 cm³/mol. The van der Waals surface area contributed by atoms with Gasteiger partial charge in [0, 0.05) is 5.02 Å². The second kappa shape index (κ2) is 10.6. The van der Waals surface area contributed by atoms with Gasteiger partial charge in [-0.25, -0.2) is 9.59 Å². The van der Waals surface area contributed by atoms with Gasteiger partial charge in [-0.05, 0) is 30.2 Å². The lowest BCUT2D eigenvalue weighted by atomic mass is 9.99. The highest BCUT2D eigenvalue weighted by Crippen LogP contribution is 2.15. The third kappa shape index (κ3) is 7.43. The first-order chi connectivity index (χ1) is 11.9. The Hall–Kier alpha value is -2.28. The van der Waals surface area contributed by atoms with Gasteiger partial charge in [-0.1, -0.05) is 31.9 Å². The highest BCUT2D eigenvalue weighted by atomic mass is 35.5. The molecule has 2 atom stereocenters. The zero-order valence-electron chi connectivity index (χ0n) is 14.4. The molecule has 0 radical (unpaired) electrons. The minimum atomic E-state index is -0.786. The number of esters is 2. The number of rotatable bonds is 9. The lowest BCUT2D eigenvalue weighted by Crippen LogP contribution is -2.47. The molecule has 1 aromatic carbocycles. The fourth-order valence-electron chi connectivity index (χ4n) is 1.87. The van der Waals surface area contributed by atoms with Crippen LogP contribution in [-0.4, -0.2) is 44.2 Å². The summed E-state index contributed by atoms with van der Waals surface area (Å²) >= 11 is 5.74. The number of ether oxygens (including phenoxy) is 3. The zero-order chi connectivity index (χ0) is 18.8. The Morgan fingerprint density at radius 2 is 1.80 bits per heavy atom. The highest BCUT2D eigenvalue weighted by Gasteiger charge is 2.26. The molecule has 0 bridgehead atoms. The summed E-state index contributed by atoms with van der Waals surface area (Å²) in [6.45, 7) is 2.85. The van der Waals surface area contributed by atoms with Gasteiger partial charge in [-0.2, -0.15) is 0 Å². The maximum atomic E-state index is 11.9. The number of nitrogens with one attached hydrogen (secondary N) is 1. The van der Waals surface area contributed by atoms with E-state index < -0.39 is 30.5 Å². The Bertz CT molecular complexity index is 589. The van der Waals surface area contributed by atoms with Crippen LogP contribution in [0, 0.1) is 5.92 Å². The van der Waals surface area contributed by atoms with Crippen LogP contribution in [0.3, 0.4) is 0 Å². The molecule has 0 fully saturated rings. The van der Waals surface area contributed by atoms with Crippen LogP contribution in [0.15, 0.2) is 24.3 Å². The Kier molecular flexibility index (Phi) is 8.77. The molecule has 0 aliphatic carbocycles. The number of halogens is 1. The zero-order valence-corrected chi connectivity index (χ0v) is 15.2. The van der Waals surface area contributed by atoms with Crippen LogP contribution in [0.25, 0.3) is 0 Å². The molecule has 8 heteroatoms. The molecule has 0 heterocycles. The lowest BCUT2D eigenvalue weighted by Gasteiger charge is -2.21. The molecular weight excluding hydrogens is 350 g/mol. The maximum Gasteiger partial charge on any atom is 0.344 e. The second-order valence-corrected chi connectivity index (χ2v) is 5.79. The predicted octanol–water partition coefficient (Wildman–Crippen LogP) is 1.97. The van der Waals surface area contributed by atoms with Gasteiger partial charge in [0.25, 0.3) is 5.91 Å². The largest absolute Gasteiger partial charge is 0.482 e. The first-order valence-electron chi connectivity index (χ1n) is 7.78. The van der Waals surface area contributed by atoms with E-state index in [0.717, 1.165) is 0 Å². The number of methoxy groups -OCH3 is 1. The second-order valence-electron chi connectivity index (χ2n) is 5.36. The van der Waals surface area contributed by atoms with E-state index in [4.69, 9.17) is 21.1 Å². The van der Waals surface area contributed by atoms with E-state index in [1.54, 1.807) is 24.3 Å². The van der Waals surface area contributed by atoms with E-state index in [9.17, 15) is 14.4 Å². The van der Waals surface area contributed by atoms with Gasteiger partial charge in [-0.3, -0.25) is 4.79 Å². The number of carbonyl (C=O) groups is 3. The summed E-state index contributed by atoms with van der Waals surface area (Å²) < 4.78 is 14.7. The third-order valence-corrected chi connectivity index (χ3v) is 3.77. The van der Waals surface area contributed by atoms with Gasteiger partial charge in [0.05, 0.1) is 7.11 Å². The Balaban J connectivity index is 2.39. The summed E-state index contributed by atoms with van der Waals surface area (Å²) in [5, 5.41) is 3.06. The summed E-state index contributed by atoms with van der Waals surface area (Å²) in [7, 11) is 1.25. The van der Waals surface area contributed by atoms with Gasteiger partial charge in [0.2, 0.25) is 0 Å². The van der Waals surface area contributed by atoms with Crippen molar-refractivity contribution in [1.82, 2.24) is 5.32 Å². The number of hydrogen-bond donors (Lipinski definition) is 1. The number of hydrogen-bond acceptors (Lipinski definition) is 6. The normalized spacial score (nSPS) is 12.6. The van der Waals surface area contributed by atoms with Crippen LogP contribution in [0.2, 0.25) is 5.02 Å². The molecule has 0 aromatic heterocycles. The summed E-state index contributed by atoms with van der Waals surface area (Å²) in [6.07, 6.45) is 0.675. The first kappa shape index (κ1) is 20.8. The van der Waals surface area contributed by atoms with Crippen molar-refractivity contribution in [3.63, 3.8) is 0 Å². The molecule has 0 aliphatic heterocycles. The van der Waals surface area contributed by atoms with Gasteiger partial charge in [0.1, 0.15) is 11.8 Å². The van der Waals surface area contributed by atoms with Crippen molar-refractivity contribution in [3.8, 4) is 5.75 Å². The number of benzene rings is 1. The van der Waals surface area contributed by atoms with Crippen molar-refractivity contribution in [2.75, 3.05) is 20.3 Å². The molecule has 1 N–H and O–H groups in total. The molecule has 0 spiro atoms. The standard InChI is InChI=1S/C17H22ClNO6/c1-4-11(2)16(17(22)23-3)19-14(20)9-25-15(21)10-24-13-7-5-12(18)6-8-13/h5-8,11,16H,4,9-10H2,1-3H3,(H,19,20)/t11-,16+/m0/s1. The quantitative estimate of drug-likeness (QED) is 0.667. The number of amides is 1. The molecule has 0 unspecified atom stereocenters. The molecule has 1 aromatic rings. The fourth-order valence-corrected chi connectivity index (χ4v) is 2.00. The van der Waals surface area contributed by atoms with E-state index in [0.29, 0.717) is 17.2 Å². The third-order valence-electron chi connectivity index (χ3n) is 3.52. The van der Waals surface area contributed by atoms with E-state index >= 15 is 0 Å². The van der Waals surface area contributed by atoms with E-state index in [2.05, 4.69) is 10.1 Å². The SMILES string of the molecule is CC[C@H](C)[C@@H](NC(=O)COC(=O)COc1ccc(Cl)cc1)C(=O)OC. The summed E-state index contributed by atoms with van der Waals surface area (Å²) in [5.41, 5.74) is 0. The van der Waals surface area contributed by atoms with E-state index in [1.165, 1.54) is 7.11 Å². The van der Waals surface area contributed by atoms with E-state index in [-0.39, 0.29) is 12.5 Å². The molecule has 0 saturated heterocycles. The van der Waals surface area contributed by atoms with Crippen molar-refractivity contribution >= 4 is 29.4 Å². The topological polar surface area (TPSA) is 90.9 Å². The maximum absolute atomic E-state index is 11.9. The minimum absolute atomic E-state index is 0.111. The molecule has 1 rings (SSSR count). The first-order valence-corrected chi connectivity index (χ1v) is 8.16. The number of carbonyl (C=O) groups excluding carboxylic acids is 3. The van der Waals surface area contributed by atoms with Crippen LogP contribution < -0.4 is 10.1 Å². The summed E-state index contributed by atoms with van der Waals surface area (Å²) in [6, 6.07) is 5.67. The van der Waals surface area contributed by atoms with Crippen molar-refractivity contribution in [2.24, 2.45) is 5.92 Å². The van der Waals surface area contributed by atoms with Gasteiger partial charge in [-0.15, -0.1) is 0 Å². The Labute approximate surface area is 151 Å². The van der Waals surface area contributed by atoms with Crippen LogP contribution in [0.4, 0.5) is 0 Å². The highest BCUT2D eigenvalue weighted by molar-refractivity contribution is 6.30. The molecule has 1 amide bonds. The lowest BCUT2D eigenvalue weighted by molar-refractivity contribution is -0.152. The van der Waals surface area contributed by atoms with Crippen LogP contribution in [-0.2, 0) is 23.9 Å². The average molecular weight is 372 g/mol. The Morgan fingerprint density at radius 3 is 2.36 bits per heavy atom. The van der Waals surface area contributed by atoms with Crippen LogP contribution in [0.1, 0.15) is 20.3 Å². The molecule has 138 valence electrons. The summed E-state index contributed by atoms with van der Waals surface area (Å²) in [5.74, 6) is -1.49. The molecule has 0 aliphatic rings. The van der Waals surface area contributed by atoms with Crippen molar-refractivity contribution in [3.05, 3.63) is 29.3 Å². The van der Waals surface area contributed by atoms with Gasteiger partial charge >= 0.3 is 11.9 Å². The van der Waals surface area contributed by atoms with Gasteiger partial charge < -0.3 is 19.5 Å². The van der Waals surface area contributed by atoms with Crippen molar-refractivity contribution < 1.29 is 28.6 Å². The molecule has 25 heavy (non-hydrogen) atoms. The van der Waals surface area contributed by atoms with Gasteiger partial charge in [0.15, 0.2) is 13.2 Å². The Morgan fingerprint density at radius 1 is 1.16 bits per heavy atom. The fraction of sp³-hybridized carbons (Fsp3) is 0.471. The van der Waals surface area contributed by atoms with Crippen molar-refractivity contribution in [1.29, 1.82) is 0 Å². The van der Waals surface area contributed by atoms with E-state index in [1.807, 2.05) is 13.8 Å². The molecule has 7 nitrogen and oxygen atoms in total. The summed E-state index contributed by atoms with van der Waals surface area (Å²) in [4.78, 5) is 35.2. The smallest absolute Gasteiger partial charge is 0.344 e. The molecule has 0 saturated carbocycles. The monoisotopic (exact) mass is 371 g/mol. The average Bonchev–Trinajstić information content (AvgIpc) is 2.62. The minimum Gasteiger partial charge on any atom is -0.482 e. The van der Waals surface area contributed by atoms with Crippen molar-refractivity contribution in [2.45, 2.75) is 26.3 Å².